The van der Waals surface area contributed by atoms with Crippen molar-refractivity contribution in [1.29, 1.82) is 0 Å². The average molecular weight is 500 g/mol. The standard InChI is InChI=1S/C34H21BN2O2/c1-3-12-22(13-4-1)36-26-18-9-8-17-25(26)35-30-27(36)19-11-20-28(30)37(23-14-5-2-6-15-23)34-31(35)33-32(39-34)24-16-7-10-21-29(24)38-33/h1-21H. The molecule has 0 N–H and O–H groups in total. The van der Waals surface area contributed by atoms with Crippen LogP contribution in [0.15, 0.2) is 136 Å². The first-order valence-corrected chi connectivity index (χ1v) is 13.2. The molecule has 5 aromatic carbocycles. The topological polar surface area (TPSA) is 32.8 Å². The van der Waals surface area contributed by atoms with Gasteiger partial charge in [0, 0.05) is 33.9 Å². The number of hydrogen-bond acceptors (Lipinski definition) is 4. The zero-order chi connectivity index (χ0) is 25.5. The number of hydrogen-bond donors (Lipinski definition) is 0. The van der Waals surface area contributed by atoms with Gasteiger partial charge < -0.3 is 13.7 Å². The normalized spacial score (nSPS) is 13.5. The Hall–Kier alpha value is -5.16. The summed E-state index contributed by atoms with van der Waals surface area (Å²) in [6, 6.07) is 44.5. The molecule has 0 amide bonds. The fourth-order valence-electron chi connectivity index (χ4n) is 6.52. The predicted molar refractivity (Wildman–Crippen MR) is 160 cm³/mol. The monoisotopic (exact) mass is 500 g/mol. The van der Waals surface area contributed by atoms with E-state index in [0.717, 1.165) is 50.5 Å². The van der Waals surface area contributed by atoms with Crippen molar-refractivity contribution in [2.24, 2.45) is 0 Å². The van der Waals surface area contributed by atoms with Crippen molar-refractivity contribution >= 4 is 79.6 Å². The molecule has 0 fully saturated rings. The molecule has 2 aliphatic heterocycles. The van der Waals surface area contributed by atoms with Gasteiger partial charge in [-0.1, -0.05) is 72.8 Å². The van der Waals surface area contributed by atoms with Gasteiger partial charge in [0.15, 0.2) is 11.2 Å². The highest BCUT2D eigenvalue weighted by Crippen LogP contribution is 2.46. The maximum atomic E-state index is 6.81. The lowest BCUT2D eigenvalue weighted by atomic mass is 9.34. The summed E-state index contributed by atoms with van der Waals surface area (Å²) in [6.45, 7) is -0.0378. The van der Waals surface area contributed by atoms with Gasteiger partial charge in [-0.05, 0) is 65.5 Å². The van der Waals surface area contributed by atoms with E-state index in [-0.39, 0.29) is 6.71 Å². The Balaban J connectivity index is 1.43. The Labute approximate surface area is 225 Å². The van der Waals surface area contributed by atoms with Gasteiger partial charge in [0.25, 0.3) is 6.71 Å². The highest BCUT2D eigenvalue weighted by Gasteiger charge is 2.47. The summed E-state index contributed by atoms with van der Waals surface area (Å²) in [6.07, 6.45) is 0. The van der Waals surface area contributed by atoms with Crippen LogP contribution >= 0.6 is 0 Å². The molecule has 0 unspecified atom stereocenters. The molecule has 4 nitrogen and oxygen atoms in total. The summed E-state index contributed by atoms with van der Waals surface area (Å²) in [4.78, 5) is 4.64. The lowest BCUT2D eigenvalue weighted by Gasteiger charge is -2.42. The molecular formula is C34H21BN2O2. The zero-order valence-corrected chi connectivity index (χ0v) is 20.9. The lowest BCUT2D eigenvalue weighted by molar-refractivity contribution is 0.621. The number of nitrogens with zero attached hydrogens (tertiary/aromatic N) is 2. The Bertz CT molecular complexity index is 2040. The van der Waals surface area contributed by atoms with Crippen LogP contribution in [-0.4, -0.2) is 6.71 Å². The second kappa shape index (κ2) is 7.68. The Morgan fingerprint density at radius 1 is 0.462 bits per heavy atom. The fraction of sp³-hybridized carbons (Fsp3) is 0. The van der Waals surface area contributed by atoms with Crippen LogP contribution in [0.2, 0.25) is 0 Å². The third-order valence-electron chi connectivity index (χ3n) is 8.06. The van der Waals surface area contributed by atoms with Crippen LogP contribution in [0, 0.1) is 0 Å². The average Bonchev–Trinajstić information content (AvgIpc) is 3.54. The Morgan fingerprint density at radius 2 is 1.08 bits per heavy atom. The van der Waals surface area contributed by atoms with E-state index in [1.165, 1.54) is 22.3 Å². The molecule has 0 radical (unpaired) electrons. The first kappa shape index (κ1) is 20.9. The van der Waals surface area contributed by atoms with E-state index in [4.69, 9.17) is 8.83 Å². The van der Waals surface area contributed by atoms with Crippen molar-refractivity contribution in [2.75, 3.05) is 9.80 Å². The minimum atomic E-state index is -0.0378. The van der Waals surface area contributed by atoms with Crippen LogP contribution in [0.25, 0.3) is 22.1 Å². The number of furan rings is 2. The van der Waals surface area contributed by atoms with Crippen LogP contribution in [0.3, 0.4) is 0 Å². The van der Waals surface area contributed by atoms with Crippen LogP contribution < -0.4 is 26.2 Å². The molecule has 4 heterocycles. The van der Waals surface area contributed by atoms with Crippen LogP contribution in [0.1, 0.15) is 0 Å². The van der Waals surface area contributed by atoms with Gasteiger partial charge in [-0.25, -0.2) is 0 Å². The number of rotatable bonds is 2. The third kappa shape index (κ3) is 2.74. The van der Waals surface area contributed by atoms with Crippen molar-refractivity contribution in [2.45, 2.75) is 0 Å². The molecule has 2 aliphatic rings. The molecule has 5 heteroatoms. The van der Waals surface area contributed by atoms with E-state index >= 15 is 0 Å². The van der Waals surface area contributed by atoms with E-state index < -0.39 is 0 Å². The smallest absolute Gasteiger partial charge is 0.261 e. The van der Waals surface area contributed by atoms with Gasteiger partial charge in [-0.3, -0.25) is 4.90 Å². The highest BCUT2D eigenvalue weighted by atomic mass is 16.4. The molecule has 7 aromatic rings. The van der Waals surface area contributed by atoms with E-state index in [1.807, 2.05) is 24.3 Å². The fourth-order valence-corrected chi connectivity index (χ4v) is 6.52. The molecule has 0 atom stereocenters. The number of anilines is 6. The second-order valence-corrected chi connectivity index (χ2v) is 10.1. The summed E-state index contributed by atoms with van der Waals surface area (Å²) in [7, 11) is 0. The summed E-state index contributed by atoms with van der Waals surface area (Å²) in [5.74, 6) is 0.818. The van der Waals surface area contributed by atoms with Gasteiger partial charge in [0.2, 0.25) is 5.88 Å². The quantitative estimate of drug-likeness (QED) is 0.234. The maximum absolute atomic E-state index is 6.81. The summed E-state index contributed by atoms with van der Waals surface area (Å²) in [5, 5.41) is 0.995. The minimum absolute atomic E-state index is 0.0378. The molecule has 0 aliphatic carbocycles. The van der Waals surface area contributed by atoms with Crippen molar-refractivity contribution in [3.8, 4) is 0 Å². The van der Waals surface area contributed by atoms with E-state index in [1.54, 1.807) is 0 Å². The van der Waals surface area contributed by atoms with Crippen LogP contribution in [0.5, 0.6) is 0 Å². The van der Waals surface area contributed by atoms with Gasteiger partial charge in [0.05, 0.1) is 5.39 Å². The number of para-hydroxylation sites is 4. The Kier molecular flexibility index (Phi) is 4.11. The van der Waals surface area contributed by atoms with Gasteiger partial charge in [-0.15, -0.1) is 0 Å². The van der Waals surface area contributed by atoms with Crippen molar-refractivity contribution in [3.05, 3.63) is 127 Å². The first-order valence-electron chi connectivity index (χ1n) is 13.2. The van der Waals surface area contributed by atoms with Gasteiger partial charge in [-0.2, -0.15) is 0 Å². The Morgan fingerprint density at radius 3 is 1.87 bits per heavy atom. The van der Waals surface area contributed by atoms with Crippen molar-refractivity contribution in [3.63, 3.8) is 0 Å². The van der Waals surface area contributed by atoms with Gasteiger partial charge >= 0.3 is 0 Å². The molecule has 0 saturated heterocycles. The molecule has 182 valence electrons. The molecule has 0 spiro atoms. The summed E-state index contributed by atoms with van der Waals surface area (Å²) in [5.41, 5.74) is 11.7. The van der Waals surface area contributed by atoms with Crippen molar-refractivity contribution < 1.29 is 8.83 Å². The largest absolute Gasteiger partial charge is 0.453 e. The van der Waals surface area contributed by atoms with Gasteiger partial charge in [0.1, 0.15) is 5.58 Å². The summed E-state index contributed by atoms with van der Waals surface area (Å²) < 4.78 is 13.4. The SMILES string of the molecule is c1ccc(N2c3ccccc3B3c4c2cccc4N(c2ccccc2)c2oc4c(oc5ccccc54)c23)cc1. The zero-order valence-electron chi connectivity index (χ0n) is 20.9. The maximum Gasteiger partial charge on any atom is 0.261 e. The summed E-state index contributed by atoms with van der Waals surface area (Å²) >= 11 is 0. The molecule has 9 rings (SSSR count). The molecular weight excluding hydrogens is 479 g/mol. The van der Waals surface area contributed by atoms with E-state index in [0.29, 0.717) is 0 Å². The first-order chi connectivity index (χ1) is 19.4. The van der Waals surface area contributed by atoms with Crippen LogP contribution in [-0.2, 0) is 0 Å². The molecule has 2 aromatic heterocycles. The third-order valence-corrected chi connectivity index (χ3v) is 8.06. The van der Waals surface area contributed by atoms with E-state index in [9.17, 15) is 0 Å². The molecule has 0 saturated carbocycles. The number of fused-ring (bicyclic) bond motifs is 8. The number of benzene rings is 5. The lowest BCUT2D eigenvalue weighted by Crippen LogP contribution is -2.61. The minimum Gasteiger partial charge on any atom is -0.453 e. The van der Waals surface area contributed by atoms with Crippen LogP contribution in [0.4, 0.5) is 34.3 Å². The highest BCUT2D eigenvalue weighted by molar-refractivity contribution is 7.01. The predicted octanol–water partition coefficient (Wildman–Crippen LogP) is 7.26. The molecule has 39 heavy (non-hydrogen) atoms. The van der Waals surface area contributed by atoms with E-state index in [2.05, 4.69) is 113 Å². The molecule has 0 bridgehead atoms. The van der Waals surface area contributed by atoms with Crippen molar-refractivity contribution in [1.82, 2.24) is 0 Å². The second-order valence-electron chi connectivity index (χ2n) is 10.1.